The van der Waals surface area contributed by atoms with Crippen LogP contribution in [0.1, 0.15) is 48.8 Å². The Balaban J connectivity index is 1.83. The van der Waals surface area contributed by atoms with Crippen molar-refractivity contribution in [2.45, 2.75) is 51.4 Å². The van der Waals surface area contributed by atoms with Gasteiger partial charge in [0.05, 0.1) is 11.5 Å². The van der Waals surface area contributed by atoms with Crippen molar-refractivity contribution in [2.24, 2.45) is 5.41 Å². The molecular weight excluding hydrogens is 206 g/mol. The van der Waals surface area contributed by atoms with Gasteiger partial charge in [0.25, 0.3) is 0 Å². The molecule has 0 spiro atoms. The van der Waals surface area contributed by atoms with Crippen LogP contribution < -0.4 is 0 Å². The van der Waals surface area contributed by atoms with E-state index in [0.29, 0.717) is 0 Å². The molecule has 0 radical (unpaired) electrons. The van der Waals surface area contributed by atoms with Gasteiger partial charge in [0.1, 0.15) is 0 Å². The molecule has 0 atom stereocenters. The molecule has 88 valence electrons. The summed E-state index contributed by atoms with van der Waals surface area (Å²) in [6.07, 6.45) is 9.43. The zero-order valence-electron chi connectivity index (χ0n) is 10.3. The summed E-state index contributed by atoms with van der Waals surface area (Å²) >= 11 is 0. The predicted octanol–water partition coefficient (Wildman–Crippen LogP) is 3.80. The number of hydrogen-bond acceptors (Lipinski definition) is 1. The smallest absolute Gasteiger partial charge is 0.0693 e. The molecule has 2 aliphatic carbocycles. The Labute approximate surface area is 103 Å². The van der Waals surface area contributed by atoms with Crippen LogP contribution in [0.5, 0.6) is 0 Å². The molecule has 0 amide bonds. The summed E-state index contributed by atoms with van der Waals surface area (Å²) in [5.41, 5.74) is 4.40. The molecule has 3 rings (SSSR count). The summed E-state index contributed by atoms with van der Waals surface area (Å²) in [6.45, 7) is 0. The monoisotopic (exact) mass is 225 g/mol. The van der Waals surface area contributed by atoms with Gasteiger partial charge in [-0.15, -0.1) is 0 Å². The fraction of sp³-hybridized carbons (Fsp3) is 0.562. The van der Waals surface area contributed by atoms with Crippen molar-refractivity contribution in [2.75, 3.05) is 0 Å². The van der Waals surface area contributed by atoms with E-state index in [9.17, 15) is 5.26 Å². The second-order valence-corrected chi connectivity index (χ2v) is 5.73. The molecule has 1 saturated carbocycles. The van der Waals surface area contributed by atoms with E-state index in [1.54, 1.807) is 0 Å². The Hall–Kier alpha value is -1.29. The van der Waals surface area contributed by atoms with Crippen LogP contribution in [0.3, 0.4) is 0 Å². The zero-order valence-corrected chi connectivity index (χ0v) is 10.3. The van der Waals surface area contributed by atoms with Crippen molar-refractivity contribution in [3.8, 4) is 6.07 Å². The minimum atomic E-state index is -0.0488. The van der Waals surface area contributed by atoms with Crippen molar-refractivity contribution < 1.29 is 0 Å². The highest BCUT2D eigenvalue weighted by molar-refractivity contribution is 5.36. The summed E-state index contributed by atoms with van der Waals surface area (Å²) in [4.78, 5) is 0. The Morgan fingerprint density at radius 2 is 1.82 bits per heavy atom. The Morgan fingerprint density at radius 1 is 1.06 bits per heavy atom. The zero-order chi connectivity index (χ0) is 11.7. The molecule has 0 aromatic heterocycles. The van der Waals surface area contributed by atoms with Gasteiger partial charge >= 0.3 is 0 Å². The maximum Gasteiger partial charge on any atom is 0.0693 e. The van der Waals surface area contributed by atoms with Gasteiger partial charge < -0.3 is 0 Å². The number of nitrogens with zero attached hydrogens (tertiary/aromatic N) is 1. The molecule has 1 aromatic rings. The molecule has 1 aromatic carbocycles. The summed E-state index contributed by atoms with van der Waals surface area (Å²) in [5, 5.41) is 9.42. The number of rotatable bonds is 2. The topological polar surface area (TPSA) is 23.8 Å². The standard InChI is InChI=1S/C16H19N/c17-12-16(8-1-2-9-16)11-13-6-7-14-4-3-5-15(14)10-13/h6-7,10H,1-5,8-9,11H2. The first-order chi connectivity index (χ1) is 8.31. The van der Waals surface area contributed by atoms with E-state index in [-0.39, 0.29) is 5.41 Å². The van der Waals surface area contributed by atoms with Crippen LogP contribution in [0.25, 0.3) is 0 Å². The molecule has 2 aliphatic rings. The molecule has 1 fully saturated rings. The van der Waals surface area contributed by atoms with E-state index in [1.807, 2.05) is 0 Å². The third kappa shape index (κ3) is 1.97. The molecule has 0 heterocycles. The van der Waals surface area contributed by atoms with Gasteiger partial charge in [0.2, 0.25) is 0 Å². The van der Waals surface area contributed by atoms with E-state index in [0.717, 1.165) is 19.3 Å². The molecule has 0 N–H and O–H groups in total. The van der Waals surface area contributed by atoms with Crippen molar-refractivity contribution >= 4 is 0 Å². The molecule has 0 aliphatic heterocycles. The van der Waals surface area contributed by atoms with Crippen molar-refractivity contribution in [3.05, 3.63) is 34.9 Å². The number of nitriles is 1. The largest absolute Gasteiger partial charge is 0.198 e. The normalized spacial score (nSPS) is 21.1. The highest BCUT2D eigenvalue weighted by atomic mass is 14.4. The van der Waals surface area contributed by atoms with E-state index < -0.39 is 0 Å². The first-order valence-electron chi connectivity index (χ1n) is 6.83. The second-order valence-electron chi connectivity index (χ2n) is 5.73. The van der Waals surface area contributed by atoms with E-state index in [1.165, 1.54) is 48.8 Å². The van der Waals surface area contributed by atoms with Gasteiger partial charge in [-0.3, -0.25) is 0 Å². The number of fused-ring (bicyclic) bond motifs is 1. The lowest BCUT2D eigenvalue weighted by atomic mass is 9.81. The van der Waals surface area contributed by atoms with Crippen LogP contribution in [0.2, 0.25) is 0 Å². The van der Waals surface area contributed by atoms with Crippen LogP contribution in [0.15, 0.2) is 18.2 Å². The summed E-state index contributed by atoms with van der Waals surface area (Å²) in [6, 6.07) is 9.50. The van der Waals surface area contributed by atoms with Gasteiger partial charge in [-0.1, -0.05) is 31.0 Å². The number of benzene rings is 1. The van der Waals surface area contributed by atoms with Crippen LogP contribution in [0, 0.1) is 16.7 Å². The maximum atomic E-state index is 9.42. The quantitative estimate of drug-likeness (QED) is 0.751. The minimum Gasteiger partial charge on any atom is -0.198 e. The average Bonchev–Trinajstić information content (AvgIpc) is 2.97. The molecule has 1 nitrogen and oxygen atoms in total. The second kappa shape index (κ2) is 4.18. The van der Waals surface area contributed by atoms with Crippen LogP contribution in [-0.2, 0) is 19.3 Å². The number of hydrogen-bond donors (Lipinski definition) is 0. The summed E-state index contributed by atoms with van der Waals surface area (Å²) < 4.78 is 0. The molecule has 17 heavy (non-hydrogen) atoms. The fourth-order valence-corrected chi connectivity index (χ4v) is 3.51. The first-order valence-corrected chi connectivity index (χ1v) is 6.83. The lowest BCUT2D eigenvalue weighted by molar-refractivity contribution is 0.408. The first kappa shape index (κ1) is 10.8. The van der Waals surface area contributed by atoms with E-state index in [2.05, 4.69) is 24.3 Å². The lowest BCUT2D eigenvalue weighted by Crippen LogP contribution is -2.17. The SMILES string of the molecule is N#CC1(Cc2ccc3c(c2)CCC3)CCCC1. The molecule has 0 bridgehead atoms. The van der Waals surface area contributed by atoms with Crippen molar-refractivity contribution in [1.82, 2.24) is 0 Å². The highest BCUT2D eigenvalue weighted by Gasteiger charge is 2.34. The van der Waals surface area contributed by atoms with E-state index >= 15 is 0 Å². The maximum absolute atomic E-state index is 9.42. The van der Waals surface area contributed by atoms with Gasteiger partial charge in [0.15, 0.2) is 0 Å². The average molecular weight is 225 g/mol. The van der Waals surface area contributed by atoms with Crippen LogP contribution in [-0.4, -0.2) is 0 Å². The Morgan fingerprint density at radius 3 is 2.59 bits per heavy atom. The molecule has 0 unspecified atom stereocenters. The highest BCUT2D eigenvalue weighted by Crippen LogP contribution is 2.40. The lowest BCUT2D eigenvalue weighted by Gasteiger charge is -2.20. The molecular formula is C16H19N. The van der Waals surface area contributed by atoms with Crippen LogP contribution in [0.4, 0.5) is 0 Å². The molecule has 0 saturated heterocycles. The van der Waals surface area contributed by atoms with E-state index in [4.69, 9.17) is 0 Å². The third-order valence-corrected chi connectivity index (χ3v) is 4.50. The minimum absolute atomic E-state index is 0.0488. The number of aryl methyl sites for hydroxylation is 2. The van der Waals surface area contributed by atoms with Crippen molar-refractivity contribution in [3.63, 3.8) is 0 Å². The third-order valence-electron chi connectivity index (χ3n) is 4.50. The van der Waals surface area contributed by atoms with Crippen LogP contribution >= 0.6 is 0 Å². The summed E-state index contributed by atoms with van der Waals surface area (Å²) in [5.74, 6) is 0. The Bertz CT molecular complexity index is 461. The van der Waals surface area contributed by atoms with Gasteiger partial charge in [-0.25, -0.2) is 0 Å². The fourth-order valence-electron chi connectivity index (χ4n) is 3.51. The van der Waals surface area contributed by atoms with Crippen molar-refractivity contribution in [1.29, 1.82) is 5.26 Å². The Kier molecular flexibility index (Phi) is 2.67. The summed E-state index contributed by atoms with van der Waals surface area (Å²) in [7, 11) is 0. The predicted molar refractivity (Wildman–Crippen MR) is 68.7 cm³/mol. The molecule has 1 heteroatoms. The van der Waals surface area contributed by atoms with Gasteiger partial charge in [-0.2, -0.15) is 5.26 Å². The van der Waals surface area contributed by atoms with Gasteiger partial charge in [0, 0.05) is 0 Å². The van der Waals surface area contributed by atoms with Gasteiger partial charge in [-0.05, 0) is 55.2 Å².